The Morgan fingerprint density at radius 1 is 1.25 bits per heavy atom. The van der Waals surface area contributed by atoms with Crippen LogP contribution in [0.2, 0.25) is 0 Å². The van der Waals surface area contributed by atoms with Crippen molar-refractivity contribution in [2.75, 3.05) is 0 Å². The highest BCUT2D eigenvalue weighted by Gasteiger charge is 1.60. The zero-order valence-electron chi connectivity index (χ0n) is 7.27. The molecule has 0 radical (unpaired) electrons. The molecule has 0 atom stereocenters. The molecule has 1 N–H and O–H groups in total. The Morgan fingerprint density at radius 3 is 2.25 bits per heavy atom. The maximum absolute atomic E-state index is 4.33. The molecule has 0 aliphatic heterocycles. The van der Waals surface area contributed by atoms with Crippen LogP contribution >= 0.6 is 0 Å². The van der Waals surface area contributed by atoms with Crippen LogP contribution < -0.4 is 0 Å². The van der Waals surface area contributed by atoms with Gasteiger partial charge < -0.3 is 4.52 Å². The normalized spacial score (nSPS) is 7.17. The van der Waals surface area contributed by atoms with Crippen molar-refractivity contribution in [2.45, 2.75) is 13.8 Å². The molecule has 4 heteroatoms. The molecule has 0 aromatic carbocycles. The number of hydrogen-bond donors (Lipinski definition) is 1. The van der Waals surface area contributed by atoms with E-state index in [1.165, 1.54) is 6.26 Å². The summed E-state index contributed by atoms with van der Waals surface area (Å²) in [5.74, 6) is 0. The average molecular weight is 169 g/mol. The first kappa shape index (κ1) is 10.4. The van der Waals surface area contributed by atoms with Gasteiger partial charge in [0.1, 0.15) is 6.26 Å². The summed E-state index contributed by atoms with van der Waals surface area (Å²) in [4.78, 5) is 0. The maximum atomic E-state index is 4.33. The van der Waals surface area contributed by atoms with E-state index >= 15 is 0 Å². The molecule has 0 bridgehead atoms. The van der Waals surface area contributed by atoms with Crippen molar-refractivity contribution < 1.29 is 5.95 Å². The minimum Gasteiger partial charge on any atom is -0.365 e. The highest BCUT2D eigenvalue weighted by Crippen LogP contribution is 1.72. The van der Waals surface area contributed by atoms with Gasteiger partial charge in [0.2, 0.25) is 0 Å². The van der Waals surface area contributed by atoms with Crippen molar-refractivity contribution in [3.63, 3.8) is 0 Å². The number of nitrogens with zero attached hydrogens (tertiary/aromatic N) is 2. The summed E-state index contributed by atoms with van der Waals surface area (Å²) < 4.78 is 4.33. The lowest BCUT2D eigenvalue weighted by molar-refractivity contribution is 0.420. The summed E-state index contributed by atoms with van der Waals surface area (Å²) in [6, 6.07) is 3.56. The van der Waals surface area contributed by atoms with Gasteiger partial charge in [-0.2, -0.15) is 5.10 Å². The topological polar surface area (TPSA) is 54.7 Å². The Labute approximate surface area is 73.1 Å². The van der Waals surface area contributed by atoms with E-state index in [1.54, 1.807) is 24.7 Å². The fourth-order valence-corrected chi connectivity index (χ4v) is 0.391. The minimum absolute atomic E-state index is 0. The van der Waals surface area contributed by atoms with Gasteiger partial charge in [0, 0.05) is 13.8 Å². The van der Waals surface area contributed by atoms with Crippen LogP contribution in [0.3, 0.4) is 0 Å². The molecule has 2 aromatic heterocycles. The van der Waals surface area contributed by atoms with E-state index in [2.05, 4.69) is 19.9 Å². The second-order valence-electron chi connectivity index (χ2n) is 1.45. The first-order valence-corrected chi connectivity index (χ1v) is 3.78. The van der Waals surface area contributed by atoms with Crippen LogP contribution in [0.1, 0.15) is 15.3 Å². The van der Waals surface area contributed by atoms with Gasteiger partial charge in [-0.1, -0.05) is 19.0 Å². The van der Waals surface area contributed by atoms with Crippen molar-refractivity contribution in [3.8, 4) is 0 Å². The predicted octanol–water partition coefficient (Wildman–Crippen LogP) is 2.36. The number of H-pyrrole nitrogens is 1. The molecular formula is C8H15N3O. The monoisotopic (exact) mass is 169 g/mol. The quantitative estimate of drug-likeness (QED) is 0.658. The Kier molecular flexibility index (Phi) is 8.18. The lowest BCUT2D eigenvalue weighted by Gasteiger charge is -1.49. The molecule has 0 amide bonds. The summed E-state index contributed by atoms with van der Waals surface area (Å²) in [6.07, 6.45) is 6.56. The predicted molar refractivity (Wildman–Crippen MR) is 48.6 cm³/mol. The third-order valence-corrected chi connectivity index (χ3v) is 0.753. The molecular weight excluding hydrogens is 154 g/mol. The van der Waals surface area contributed by atoms with E-state index in [1.807, 2.05) is 19.9 Å². The number of hydrogen-bond acceptors (Lipinski definition) is 3. The van der Waals surface area contributed by atoms with Gasteiger partial charge in [-0.3, -0.25) is 5.10 Å². The van der Waals surface area contributed by atoms with Crippen LogP contribution in [0.5, 0.6) is 0 Å². The number of aromatic amines is 1. The summed E-state index contributed by atoms with van der Waals surface area (Å²) in [5, 5.41) is 9.56. The van der Waals surface area contributed by atoms with Crippen molar-refractivity contribution in [3.05, 3.63) is 37.0 Å². The molecule has 0 saturated heterocycles. The molecule has 0 saturated carbocycles. The van der Waals surface area contributed by atoms with Crippen LogP contribution in [0.25, 0.3) is 0 Å². The Bertz CT molecular complexity index is 159. The first-order valence-electron chi connectivity index (χ1n) is 3.78. The van der Waals surface area contributed by atoms with E-state index in [0.29, 0.717) is 0 Å². The van der Waals surface area contributed by atoms with Gasteiger partial charge >= 0.3 is 0 Å². The van der Waals surface area contributed by atoms with Gasteiger partial charge in [-0.25, -0.2) is 0 Å². The van der Waals surface area contributed by atoms with E-state index < -0.39 is 0 Å². The standard InChI is InChI=1S/C3H4N2.C3H3NO.C2H6.H2/c2*1-2-4-5-3-1;1-2;/h1-3H,(H,4,5);1-3H;1-2H3;1H. The molecule has 2 rings (SSSR count). The maximum Gasteiger partial charge on any atom is 0.123 e. The number of nitrogens with one attached hydrogen (secondary N) is 1. The van der Waals surface area contributed by atoms with E-state index in [0.717, 1.165) is 0 Å². The van der Waals surface area contributed by atoms with Gasteiger partial charge in [-0.05, 0) is 12.1 Å². The van der Waals surface area contributed by atoms with Crippen LogP contribution in [-0.4, -0.2) is 15.4 Å². The molecule has 12 heavy (non-hydrogen) atoms. The largest absolute Gasteiger partial charge is 0.365 e. The Hall–Kier alpha value is -1.58. The van der Waals surface area contributed by atoms with E-state index in [4.69, 9.17) is 0 Å². The fraction of sp³-hybridized carbons (Fsp3) is 0.250. The van der Waals surface area contributed by atoms with Crippen LogP contribution in [0.15, 0.2) is 41.5 Å². The molecule has 0 aliphatic rings. The summed E-state index contributed by atoms with van der Waals surface area (Å²) in [5.41, 5.74) is 0. The van der Waals surface area contributed by atoms with Gasteiger partial charge in [-0.15, -0.1) is 0 Å². The average Bonchev–Trinajstić information content (AvgIpc) is 2.87. The molecule has 2 aromatic rings. The molecule has 2 heterocycles. The van der Waals surface area contributed by atoms with Crippen LogP contribution in [-0.2, 0) is 0 Å². The van der Waals surface area contributed by atoms with Crippen molar-refractivity contribution >= 4 is 0 Å². The van der Waals surface area contributed by atoms with E-state index in [-0.39, 0.29) is 1.43 Å². The second kappa shape index (κ2) is 9.42. The highest BCUT2D eigenvalue weighted by atomic mass is 16.5. The molecule has 0 spiro atoms. The molecule has 4 nitrogen and oxygen atoms in total. The third-order valence-electron chi connectivity index (χ3n) is 0.753. The van der Waals surface area contributed by atoms with E-state index in [9.17, 15) is 0 Å². The lowest BCUT2D eigenvalue weighted by Crippen LogP contribution is -1.53. The second-order valence-corrected chi connectivity index (χ2v) is 1.45. The summed E-state index contributed by atoms with van der Waals surface area (Å²) in [6.45, 7) is 4.00. The van der Waals surface area contributed by atoms with Crippen LogP contribution in [0.4, 0.5) is 0 Å². The Morgan fingerprint density at radius 2 is 2.08 bits per heavy atom. The van der Waals surface area contributed by atoms with Crippen molar-refractivity contribution in [1.82, 2.24) is 15.4 Å². The number of rotatable bonds is 0. The van der Waals surface area contributed by atoms with Crippen molar-refractivity contribution in [1.29, 1.82) is 0 Å². The minimum atomic E-state index is 0. The van der Waals surface area contributed by atoms with Crippen LogP contribution in [0, 0.1) is 0 Å². The summed E-state index contributed by atoms with van der Waals surface area (Å²) >= 11 is 0. The lowest BCUT2D eigenvalue weighted by atomic mass is 10.8. The molecule has 0 fully saturated rings. The third kappa shape index (κ3) is 6.54. The zero-order chi connectivity index (χ0) is 9.07. The smallest absolute Gasteiger partial charge is 0.123 e. The fourth-order valence-electron chi connectivity index (χ4n) is 0.391. The molecule has 68 valence electrons. The summed E-state index contributed by atoms with van der Waals surface area (Å²) in [7, 11) is 0. The van der Waals surface area contributed by atoms with Crippen molar-refractivity contribution in [2.24, 2.45) is 0 Å². The highest BCUT2D eigenvalue weighted by molar-refractivity contribution is 4.72. The SMILES string of the molecule is CC.[HH].c1cn[nH]c1.c1cnoc1. The first-order chi connectivity index (χ1) is 6.00. The zero-order valence-corrected chi connectivity index (χ0v) is 7.27. The van der Waals surface area contributed by atoms with Gasteiger partial charge in [0.05, 0.1) is 6.20 Å². The van der Waals surface area contributed by atoms with Gasteiger partial charge in [0.15, 0.2) is 0 Å². The Balaban J connectivity index is 0. The molecule has 0 aliphatic carbocycles. The molecule has 0 unspecified atom stereocenters. The number of aromatic nitrogens is 3. The van der Waals surface area contributed by atoms with Gasteiger partial charge in [0.25, 0.3) is 0 Å².